The molecule has 1 amide bonds. The molecule has 1 aromatic carbocycles. The SMILES string of the molecule is CCc1sc(NC(=O)CCNC)nc1-c1ccc(OC)cc1. The number of benzene rings is 1. The van der Waals surface area contributed by atoms with Crippen LogP contribution in [-0.4, -0.2) is 31.6 Å². The molecule has 0 spiro atoms. The van der Waals surface area contributed by atoms with Crippen LogP contribution in [0.1, 0.15) is 18.2 Å². The van der Waals surface area contributed by atoms with Gasteiger partial charge in [-0.2, -0.15) is 0 Å². The minimum absolute atomic E-state index is 0.0213. The van der Waals surface area contributed by atoms with Gasteiger partial charge in [0.1, 0.15) is 5.75 Å². The van der Waals surface area contributed by atoms with Gasteiger partial charge in [0.15, 0.2) is 5.13 Å². The highest BCUT2D eigenvalue weighted by molar-refractivity contribution is 7.16. The van der Waals surface area contributed by atoms with Crippen LogP contribution in [-0.2, 0) is 11.2 Å². The first-order valence-electron chi connectivity index (χ1n) is 7.26. The van der Waals surface area contributed by atoms with Crippen molar-refractivity contribution in [3.8, 4) is 17.0 Å². The molecule has 0 aliphatic heterocycles. The van der Waals surface area contributed by atoms with Crippen molar-refractivity contribution in [1.82, 2.24) is 10.3 Å². The summed E-state index contributed by atoms with van der Waals surface area (Å²) in [6.45, 7) is 2.75. The number of amides is 1. The number of aromatic nitrogens is 1. The Morgan fingerprint density at radius 2 is 2.05 bits per heavy atom. The molecular formula is C16H21N3O2S. The zero-order chi connectivity index (χ0) is 15.9. The van der Waals surface area contributed by atoms with Gasteiger partial charge in [0.2, 0.25) is 5.91 Å². The molecule has 0 saturated heterocycles. The van der Waals surface area contributed by atoms with Crippen molar-refractivity contribution in [2.24, 2.45) is 0 Å². The molecule has 0 aliphatic carbocycles. The molecule has 0 atom stereocenters. The highest BCUT2D eigenvalue weighted by atomic mass is 32.1. The lowest BCUT2D eigenvalue weighted by molar-refractivity contribution is -0.116. The zero-order valence-corrected chi connectivity index (χ0v) is 13.9. The lowest BCUT2D eigenvalue weighted by Crippen LogP contribution is -2.18. The van der Waals surface area contributed by atoms with Crippen LogP contribution in [0.4, 0.5) is 5.13 Å². The molecule has 22 heavy (non-hydrogen) atoms. The van der Waals surface area contributed by atoms with Crippen LogP contribution >= 0.6 is 11.3 Å². The highest BCUT2D eigenvalue weighted by Crippen LogP contribution is 2.32. The predicted molar refractivity (Wildman–Crippen MR) is 90.7 cm³/mol. The van der Waals surface area contributed by atoms with Crippen LogP contribution in [0.25, 0.3) is 11.3 Å². The number of nitrogens with zero attached hydrogens (tertiary/aromatic N) is 1. The Bertz CT molecular complexity index is 623. The van der Waals surface area contributed by atoms with Gasteiger partial charge in [-0.05, 0) is 37.7 Å². The van der Waals surface area contributed by atoms with E-state index in [9.17, 15) is 4.79 Å². The minimum Gasteiger partial charge on any atom is -0.497 e. The zero-order valence-electron chi connectivity index (χ0n) is 13.1. The van der Waals surface area contributed by atoms with E-state index in [4.69, 9.17) is 4.74 Å². The summed E-state index contributed by atoms with van der Waals surface area (Å²) in [5, 5.41) is 6.48. The topological polar surface area (TPSA) is 63.2 Å². The molecular weight excluding hydrogens is 298 g/mol. The molecule has 2 aromatic rings. The van der Waals surface area contributed by atoms with Crippen molar-refractivity contribution in [2.45, 2.75) is 19.8 Å². The number of aryl methyl sites for hydroxylation is 1. The van der Waals surface area contributed by atoms with Crippen LogP contribution in [0.2, 0.25) is 0 Å². The summed E-state index contributed by atoms with van der Waals surface area (Å²) in [5.74, 6) is 0.796. The number of anilines is 1. The summed E-state index contributed by atoms with van der Waals surface area (Å²) in [7, 11) is 3.47. The average Bonchev–Trinajstić information content (AvgIpc) is 2.95. The maximum Gasteiger partial charge on any atom is 0.227 e. The quantitative estimate of drug-likeness (QED) is 0.823. The van der Waals surface area contributed by atoms with Crippen molar-refractivity contribution in [3.63, 3.8) is 0 Å². The molecule has 0 aliphatic rings. The summed E-state index contributed by atoms with van der Waals surface area (Å²) >= 11 is 1.53. The summed E-state index contributed by atoms with van der Waals surface area (Å²) in [6, 6.07) is 7.80. The third-order valence-electron chi connectivity index (χ3n) is 3.23. The van der Waals surface area contributed by atoms with Crippen molar-refractivity contribution in [1.29, 1.82) is 0 Å². The molecule has 2 N–H and O–H groups in total. The first kappa shape index (κ1) is 16.5. The molecule has 0 radical (unpaired) electrons. The van der Waals surface area contributed by atoms with Gasteiger partial charge in [-0.15, -0.1) is 11.3 Å². The molecule has 2 rings (SSSR count). The Hall–Kier alpha value is -1.92. The molecule has 0 unspecified atom stereocenters. The van der Waals surface area contributed by atoms with E-state index >= 15 is 0 Å². The second-order valence-electron chi connectivity index (χ2n) is 4.77. The fourth-order valence-electron chi connectivity index (χ4n) is 2.04. The number of methoxy groups -OCH3 is 1. The van der Waals surface area contributed by atoms with Gasteiger partial charge in [-0.1, -0.05) is 6.92 Å². The van der Waals surface area contributed by atoms with E-state index in [1.807, 2.05) is 31.3 Å². The van der Waals surface area contributed by atoms with Crippen molar-refractivity contribution in [3.05, 3.63) is 29.1 Å². The Morgan fingerprint density at radius 1 is 1.32 bits per heavy atom. The molecule has 1 aromatic heterocycles. The lowest BCUT2D eigenvalue weighted by atomic mass is 10.1. The molecule has 6 heteroatoms. The molecule has 118 valence electrons. The minimum atomic E-state index is -0.0213. The van der Waals surface area contributed by atoms with E-state index in [-0.39, 0.29) is 5.91 Å². The van der Waals surface area contributed by atoms with Crippen LogP contribution in [0.5, 0.6) is 5.75 Å². The number of nitrogens with one attached hydrogen (secondary N) is 2. The molecule has 1 heterocycles. The fraction of sp³-hybridized carbons (Fsp3) is 0.375. The van der Waals surface area contributed by atoms with Crippen molar-refractivity contribution >= 4 is 22.4 Å². The van der Waals surface area contributed by atoms with Crippen LogP contribution in [0.3, 0.4) is 0 Å². The smallest absolute Gasteiger partial charge is 0.227 e. The number of thiazole rings is 1. The van der Waals surface area contributed by atoms with E-state index in [0.717, 1.165) is 28.3 Å². The third-order valence-corrected chi connectivity index (χ3v) is 4.35. The predicted octanol–water partition coefficient (Wildman–Crippen LogP) is 2.93. The monoisotopic (exact) mass is 319 g/mol. The first-order valence-corrected chi connectivity index (χ1v) is 8.08. The average molecular weight is 319 g/mol. The van der Waals surface area contributed by atoms with Crippen molar-refractivity contribution in [2.75, 3.05) is 26.0 Å². The molecule has 5 nitrogen and oxygen atoms in total. The third kappa shape index (κ3) is 4.05. The largest absolute Gasteiger partial charge is 0.497 e. The van der Waals surface area contributed by atoms with E-state index < -0.39 is 0 Å². The number of carbonyl (C=O) groups excluding carboxylic acids is 1. The molecule has 0 saturated carbocycles. The first-order chi connectivity index (χ1) is 10.7. The summed E-state index contributed by atoms with van der Waals surface area (Å²) < 4.78 is 5.18. The summed E-state index contributed by atoms with van der Waals surface area (Å²) in [5.41, 5.74) is 1.96. The van der Waals surface area contributed by atoms with Crippen LogP contribution in [0.15, 0.2) is 24.3 Å². The number of carbonyl (C=O) groups is 1. The van der Waals surface area contributed by atoms with Gasteiger partial charge < -0.3 is 15.4 Å². The van der Waals surface area contributed by atoms with Gasteiger partial charge in [0.05, 0.1) is 12.8 Å². The Balaban J connectivity index is 2.18. The van der Waals surface area contributed by atoms with Crippen LogP contribution < -0.4 is 15.4 Å². The van der Waals surface area contributed by atoms with Crippen molar-refractivity contribution < 1.29 is 9.53 Å². The number of rotatable bonds is 7. The summed E-state index contributed by atoms with van der Waals surface area (Å²) in [4.78, 5) is 17.5. The molecule has 0 fully saturated rings. The number of hydrogen-bond acceptors (Lipinski definition) is 5. The number of ether oxygens (including phenoxy) is 1. The van der Waals surface area contributed by atoms with Gasteiger partial charge in [0, 0.05) is 23.4 Å². The van der Waals surface area contributed by atoms with Gasteiger partial charge >= 0.3 is 0 Å². The maximum absolute atomic E-state index is 11.8. The maximum atomic E-state index is 11.8. The van der Waals surface area contributed by atoms with Gasteiger partial charge in [-0.25, -0.2) is 4.98 Å². The normalized spacial score (nSPS) is 10.5. The Morgan fingerprint density at radius 3 is 2.64 bits per heavy atom. The molecule has 0 bridgehead atoms. The van der Waals surface area contributed by atoms with E-state index in [1.54, 1.807) is 7.11 Å². The Labute approximate surface area is 134 Å². The van der Waals surface area contributed by atoms with E-state index in [1.165, 1.54) is 11.3 Å². The Kier molecular flexibility index (Phi) is 5.91. The lowest BCUT2D eigenvalue weighted by Gasteiger charge is -2.02. The van der Waals surface area contributed by atoms with Crippen LogP contribution in [0, 0.1) is 0 Å². The van der Waals surface area contributed by atoms with Gasteiger partial charge in [-0.3, -0.25) is 4.79 Å². The van der Waals surface area contributed by atoms with E-state index in [2.05, 4.69) is 22.5 Å². The highest BCUT2D eigenvalue weighted by Gasteiger charge is 2.13. The second-order valence-corrected chi connectivity index (χ2v) is 5.86. The standard InChI is InChI=1S/C16H21N3O2S/c1-4-13-15(11-5-7-12(21-3)8-6-11)19-16(22-13)18-14(20)9-10-17-2/h5-8,17H,4,9-10H2,1-3H3,(H,18,19,20). The van der Waals surface area contributed by atoms with E-state index in [0.29, 0.717) is 18.1 Å². The number of hydrogen-bond donors (Lipinski definition) is 2. The second kappa shape index (κ2) is 7.91. The summed E-state index contributed by atoms with van der Waals surface area (Å²) in [6.07, 6.45) is 1.32. The fourth-order valence-corrected chi connectivity index (χ4v) is 2.98. The van der Waals surface area contributed by atoms with Gasteiger partial charge in [0.25, 0.3) is 0 Å².